The lowest BCUT2D eigenvalue weighted by Crippen LogP contribution is -2.39. The van der Waals surface area contributed by atoms with E-state index < -0.39 is 17.6 Å². The molecule has 0 saturated heterocycles. The summed E-state index contributed by atoms with van der Waals surface area (Å²) in [6.45, 7) is 7.11. The Hall–Kier alpha value is -1.76. The summed E-state index contributed by atoms with van der Waals surface area (Å²) in [6, 6.07) is 0. The number of hydrogen-bond acceptors (Lipinski definition) is 6. The Balaban J connectivity index is 3.02. The van der Waals surface area contributed by atoms with Crippen molar-refractivity contribution < 1.29 is 23.9 Å². The van der Waals surface area contributed by atoms with E-state index in [-0.39, 0.29) is 24.7 Å². The molecule has 0 N–H and O–H groups in total. The molecule has 1 unspecified atom stereocenters. The third kappa shape index (κ3) is 6.09. The van der Waals surface area contributed by atoms with Gasteiger partial charge in [0.1, 0.15) is 23.1 Å². The molecule has 23 heavy (non-hydrogen) atoms. The zero-order chi connectivity index (χ0) is 17.6. The van der Waals surface area contributed by atoms with Gasteiger partial charge in [-0.3, -0.25) is 9.59 Å². The highest BCUT2D eigenvalue weighted by Gasteiger charge is 2.33. The summed E-state index contributed by atoms with van der Waals surface area (Å²) >= 11 is 0. The predicted molar refractivity (Wildman–Crippen MR) is 85.3 cm³/mol. The van der Waals surface area contributed by atoms with Crippen molar-refractivity contribution in [2.24, 2.45) is 11.0 Å². The van der Waals surface area contributed by atoms with Crippen molar-refractivity contribution in [3.63, 3.8) is 0 Å². The smallest absolute Gasteiger partial charge is 0.430 e. The predicted octanol–water partition coefficient (Wildman–Crippen LogP) is 2.18. The number of hydrogen-bond donors (Lipinski definition) is 0. The standard InChI is InChI=1S/C16H26N2O5/c1-11(19)14-12(7-6-8-13(14)20)17-18(9-10-22-5)15(21)23-16(2,3)4/h14H,6-10H2,1-5H3/b17-12-. The summed E-state index contributed by atoms with van der Waals surface area (Å²) in [7, 11) is 1.52. The highest BCUT2D eigenvalue weighted by molar-refractivity contribution is 6.21. The topological polar surface area (TPSA) is 85.3 Å². The average Bonchev–Trinajstić information content (AvgIpc) is 2.40. The largest absolute Gasteiger partial charge is 0.442 e. The fourth-order valence-electron chi connectivity index (χ4n) is 2.32. The Kier molecular flexibility index (Phi) is 6.87. The van der Waals surface area contributed by atoms with Crippen LogP contribution in [0.1, 0.15) is 47.0 Å². The molecular weight excluding hydrogens is 300 g/mol. The number of methoxy groups -OCH3 is 1. The van der Waals surface area contributed by atoms with Gasteiger partial charge in [0.05, 0.1) is 18.9 Å². The molecule has 0 aromatic carbocycles. The van der Waals surface area contributed by atoms with Crippen LogP contribution < -0.4 is 0 Å². The lowest BCUT2D eigenvalue weighted by molar-refractivity contribution is -0.129. The van der Waals surface area contributed by atoms with Crippen LogP contribution in [-0.2, 0) is 19.1 Å². The lowest BCUT2D eigenvalue weighted by atomic mass is 9.83. The van der Waals surface area contributed by atoms with Crippen LogP contribution in [0.5, 0.6) is 0 Å². The van der Waals surface area contributed by atoms with Crippen LogP contribution in [0.25, 0.3) is 0 Å². The highest BCUT2D eigenvalue weighted by atomic mass is 16.6. The summed E-state index contributed by atoms with van der Waals surface area (Å²) in [6.07, 6.45) is 0.895. The van der Waals surface area contributed by atoms with Crippen molar-refractivity contribution in [1.29, 1.82) is 0 Å². The second-order valence-corrected chi connectivity index (χ2v) is 6.55. The second kappa shape index (κ2) is 8.19. The molecule has 130 valence electrons. The Morgan fingerprint density at radius 2 is 1.96 bits per heavy atom. The number of amides is 1. The molecule has 1 fully saturated rings. The van der Waals surface area contributed by atoms with Gasteiger partial charge >= 0.3 is 6.09 Å². The van der Waals surface area contributed by atoms with Crippen molar-refractivity contribution in [1.82, 2.24) is 5.01 Å². The van der Waals surface area contributed by atoms with Gasteiger partial charge in [-0.05, 0) is 40.5 Å². The van der Waals surface area contributed by atoms with Crippen LogP contribution in [0.15, 0.2) is 5.10 Å². The minimum Gasteiger partial charge on any atom is -0.442 e. The molecule has 7 heteroatoms. The monoisotopic (exact) mass is 326 g/mol. The normalized spacial score (nSPS) is 20.5. The maximum absolute atomic E-state index is 12.3. The quantitative estimate of drug-likeness (QED) is 0.571. The fraction of sp³-hybridized carbons (Fsp3) is 0.750. The van der Waals surface area contributed by atoms with E-state index in [9.17, 15) is 14.4 Å². The number of ether oxygens (including phenoxy) is 2. The highest BCUT2D eigenvalue weighted by Crippen LogP contribution is 2.21. The molecule has 1 rings (SSSR count). The number of nitrogens with zero attached hydrogens (tertiary/aromatic N) is 2. The van der Waals surface area contributed by atoms with E-state index in [2.05, 4.69) is 5.10 Å². The maximum Gasteiger partial charge on any atom is 0.430 e. The zero-order valence-electron chi connectivity index (χ0n) is 14.5. The van der Waals surface area contributed by atoms with Gasteiger partial charge in [0.2, 0.25) is 0 Å². The maximum atomic E-state index is 12.3. The molecule has 0 spiro atoms. The van der Waals surface area contributed by atoms with Gasteiger partial charge in [0, 0.05) is 13.5 Å². The summed E-state index contributed by atoms with van der Waals surface area (Å²) in [5.41, 5.74) is -0.235. The molecule has 1 saturated carbocycles. The zero-order valence-corrected chi connectivity index (χ0v) is 14.5. The van der Waals surface area contributed by atoms with E-state index >= 15 is 0 Å². The summed E-state index contributed by atoms with van der Waals surface area (Å²) < 4.78 is 10.3. The minimum absolute atomic E-state index is 0.140. The van der Waals surface area contributed by atoms with Crippen LogP contribution in [0, 0.1) is 5.92 Å². The molecule has 1 aliphatic carbocycles. The summed E-state index contributed by atoms with van der Waals surface area (Å²) in [5.74, 6) is -1.24. The minimum atomic E-state index is -0.851. The first-order chi connectivity index (χ1) is 10.7. The molecule has 1 atom stereocenters. The van der Waals surface area contributed by atoms with Crippen molar-refractivity contribution in [2.45, 2.75) is 52.6 Å². The van der Waals surface area contributed by atoms with E-state index in [0.717, 1.165) is 5.01 Å². The third-order valence-corrected chi connectivity index (χ3v) is 3.28. The molecule has 0 aromatic heterocycles. The fourth-order valence-corrected chi connectivity index (χ4v) is 2.32. The van der Waals surface area contributed by atoms with Crippen molar-refractivity contribution in [2.75, 3.05) is 20.3 Å². The third-order valence-electron chi connectivity index (χ3n) is 3.28. The van der Waals surface area contributed by atoms with E-state index in [1.165, 1.54) is 14.0 Å². The Bertz CT molecular complexity index is 493. The first-order valence-corrected chi connectivity index (χ1v) is 7.75. The van der Waals surface area contributed by atoms with Gasteiger partial charge in [-0.15, -0.1) is 0 Å². The van der Waals surface area contributed by atoms with Gasteiger partial charge in [-0.2, -0.15) is 10.1 Å². The molecule has 0 bridgehead atoms. The Morgan fingerprint density at radius 3 is 2.48 bits per heavy atom. The van der Waals surface area contributed by atoms with E-state index in [1.807, 2.05) is 0 Å². The van der Waals surface area contributed by atoms with Gasteiger partial charge in [0.15, 0.2) is 0 Å². The number of rotatable bonds is 5. The van der Waals surface area contributed by atoms with Crippen molar-refractivity contribution in [3.05, 3.63) is 0 Å². The molecule has 0 aromatic rings. The summed E-state index contributed by atoms with van der Waals surface area (Å²) in [5, 5.41) is 5.40. The molecule has 0 heterocycles. The van der Waals surface area contributed by atoms with Crippen molar-refractivity contribution >= 4 is 23.4 Å². The SMILES string of the molecule is COCCN(/N=C1/CCCC(=O)C1C(C)=O)C(=O)OC(C)(C)C. The number of hydrazone groups is 1. The summed E-state index contributed by atoms with van der Waals surface area (Å²) in [4.78, 5) is 36.0. The number of carbonyl (C=O) groups is 3. The van der Waals surface area contributed by atoms with Gasteiger partial charge in [0.25, 0.3) is 0 Å². The van der Waals surface area contributed by atoms with Gasteiger partial charge in [-0.25, -0.2) is 4.79 Å². The second-order valence-electron chi connectivity index (χ2n) is 6.55. The Labute approximate surface area is 137 Å². The lowest BCUT2D eigenvalue weighted by Gasteiger charge is -2.27. The molecule has 0 aliphatic heterocycles. The van der Waals surface area contributed by atoms with Crippen LogP contribution in [0.4, 0.5) is 4.79 Å². The van der Waals surface area contributed by atoms with Gasteiger partial charge < -0.3 is 9.47 Å². The number of ketones is 2. The number of Topliss-reactive ketones (excluding diaryl/α,β-unsaturated/α-hetero) is 2. The molecule has 1 amide bonds. The van der Waals surface area contributed by atoms with Crippen LogP contribution in [0.2, 0.25) is 0 Å². The van der Waals surface area contributed by atoms with E-state index in [4.69, 9.17) is 9.47 Å². The van der Waals surface area contributed by atoms with Crippen LogP contribution in [0.3, 0.4) is 0 Å². The van der Waals surface area contributed by atoms with Crippen LogP contribution >= 0.6 is 0 Å². The van der Waals surface area contributed by atoms with E-state index in [1.54, 1.807) is 20.8 Å². The first-order valence-electron chi connectivity index (χ1n) is 7.75. The van der Waals surface area contributed by atoms with E-state index in [0.29, 0.717) is 25.0 Å². The van der Waals surface area contributed by atoms with Crippen LogP contribution in [-0.4, -0.2) is 54.2 Å². The number of carbonyl (C=O) groups excluding carboxylic acids is 3. The molecule has 0 radical (unpaired) electrons. The van der Waals surface area contributed by atoms with Gasteiger partial charge in [-0.1, -0.05) is 0 Å². The molecule has 1 aliphatic rings. The van der Waals surface area contributed by atoms with Crippen molar-refractivity contribution in [3.8, 4) is 0 Å². The Morgan fingerprint density at radius 1 is 1.30 bits per heavy atom. The first kappa shape index (κ1) is 19.3. The average molecular weight is 326 g/mol. The molecule has 7 nitrogen and oxygen atoms in total. The molecular formula is C16H26N2O5.